The van der Waals surface area contributed by atoms with Gasteiger partial charge >= 0.3 is 0 Å². The van der Waals surface area contributed by atoms with Crippen molar-refractivity contribution >= 4 is 0 Å². The van der Waals surface area contributed by atoms with E-state index in [9.17, 15) is 20.4 Å². The molecule has 0 amide bonds. The van der Waals surface area contributed by atoms with E-state index in [0.717, 1.165) is 0 Å². The van der Waals surface area contributed by atoms with Gasteiger partial charge in [0.05, 0.1) is 0 Å². The van der Waals surface area contributed by atoms with Gasteiger partial charge in [-0.25, -0.2) is 0 Å². The van der Waals surface area contributed by atoms with Crippen molar-refractivity contribution in [2.24, 2.45) is 0 Å². The second-order valence-corrected chi connectivity index (χ2v) is 6.06. The summed E-state index contributed by atoms with van der Waals surface area (Å²) in [4.78, 5) is 4.63. The second kappa shape index (κ2) is 7.36. The summed E-state index contributed by atoms with van der Waals surface area (Å²) in [6, 6.07) is 3.08. The molecule has 7 nitrogen and oxygen atoms in total. The maximum Gasteiger partial charge on any atom is 0.136 e. The molecular weight excluding hydrogens is 286 g/mol. The molecule has 0 fully saturated rings. The third kappa shape index (κ3) is 3.95. The highest BCUT2D eigenvalue weighted by Crippen LogP contribution is 2.36. The lowest BCUT2D eigenvalue weighted by molar-refractivity contribution is 0.0250. The van der Waals surface area contributed by atoms with Crippen molar-refractivity contribution < 1.29 is 20.4 Å². The molecule has 0 aliphatic rings. The molecule has 0 radical (unpaired) electrons. The Morgan fingerprint density at radius 1 is 0.682 bits per heavy atom. The number of aliphatic hydroxyl groups excluding tert-OH is 3. The minimum atomic E-state index is -1.05. The van der Waals surface area contributed by atoms with Crippen LogP contribution in [0.3, 0.4) is 0 Å². The van der Waals surface area contributed by atoms with E-state index in [4.69, 9.17) is 0 Å². The maximum atomic E-state index is 10.4. The average Bonchev–Trinajstić information content (AvgIpc) is 2.44. The number of nitrogens with zero attached hydrogens (tertiary/aromatic N) is 3. The van der Waals surface area contributed by atoms with Crippen LogP contribution in [0.2, 0.25) is 0 Å². The number of phenols is 1. The molecule has 0 aliphatic carbocycles. The van der Waals surface area contributed by atoms with Crippen LogP contribution in [0.5, 0.6) is 5.75 Å². The summed E-state index contributed by atoms with van der Waals surface area (Å²) < 4.78 is 0. The molecule has 7 heteroatoms. The predicted octanol–water partition coefficient (Wildman–Crippen LogP) is 0.0497. The Morgan fingerprint density at radius 3 is 1.27 bits per heavy atom. The molecule has 4 N–H and O–H groups in total. The number of hydrogen-bond acceptors (Lipinski definition) is 7. The first-order valence-electron chi connectivity index (χ1n) is 6.98. The molecule has 3 atom stereocenters. The number of aliphatic hydroxyl groups is 3. The Morgan fingerprint density at radius 2 is 1.00 bits per heavy atom. The van der Waals surface area contributed by atoms with Crippen LogP contribution >= 0.6 is 0 Å². The average molecular weight is 313 g/mol. The lowest BCUT2D eigenvalue weighted by Gasteiger charge is -2.27. The van der Waals surface area contributed by atoms with Gasteiger partial charge in [-0.1, -0.05) is 0 Å². The Hall–Kier alpha value is -1.22. The van der Waals surface area contributed by atoms with Crippen molar-refractivity contribution in [3.63, 3.8) is 0 Å². The highest BCUT2D eigenvalue weighted by molar-refractivity contribution is 5.46. The Bertz CT molecular complexity index is 471. The van der Waals surface area contributed by atoms with Crippen molar-refractivity contribution in [1.82, 2.24) is 14.7 Å². The third-order valence-corrected chi connectivity index (χ3v) is 3.51. The second-order valence-electron chi connectivity index (χ2n) is 6.06. The SMILES string of the molecule is CN(C)C(O)c1cc(C(O)N(C)C)c(O)c(C(O)N(C)C)c1. The first-order valence-corrected chi connectivity index (χ1v) is 6.98. The van der Waals surface area contributed by atoms with Crippen molar-refractivity contribution in [2.75, 3.05) is 42.3 Å². The van der Waals surface area contributed by atoms with Crippen LogP contribution in [-0.2, 0) is 0 Å². The molecule has 0 heterocycles. The van der Waals surface area contributed by atoms with Crippen LogP contribution in [-0.4, -0.2) is 77.4 Å². The molecule has 0 saturated carbocycles. The van der Waals surface area contributed by atoms with E-state index >= 15 is 0 Å². The van der Waals surface area contributed by atoms with Crippen molar-refractivity contribution in [2.45, 2.75) is 18.7 Å². The normalized spacial score (nSPS) is 16.4. The standard InChI is InChI=1S/C15H27N3O4/c1-16(2)13(20)9-7-10(14(21)17(3)4)12(19)11(8-9)15(22)18(5)6/h7-8,13-15,19-22H,1-6H3. The van der Waals surface area contributed by atoms with Crippen molar-refractivity contribution in [3.8, 4) is 5.75 Å². The van der Waals surface area contributed by atoms with Gasteiger partial charge in [-0.05, 0) is 60.0 Å². The van der Waals surface area contributed by atoms with E-state index in [0.29, 0.717) is 5.56 Å². The smallest absolute Gasteiger partial charge is 0.136 e. The summed E-state index contributed by atoms with van der Waals surface area (Å²) >= 11 is 0. The van der Waals surface area contributed by atoms with Crippen LogP contribution in [0, 0.1) is 0 Å². The van der Waals surface area contributed by atoms with E-state index in [1.165, 1.54) is 21.9 Å². The number of aromatic hydroxyl groups is 1. The number of hydrogen-bond donors (Lipinski definition) is 4. The highest BCUT2D eigenvalue weighted by atomic mass is 16.3. The quantitative estimate of drug-likeness (QED) is 0.552. The van der Waals surface area contributed by atoms with Crippen molar-refractivity contribution in [3.05, 3.63) is 28.8 Å². The molecule has 1 aromatic carbocycles. The molecule has 3 unspecified atom stereocenters. The zero-order valence-electron chi connectivity index (χ0n) is 14.0. The van der Waals surface area contributed by atoms with Crippen LogP contribution in [0.15, 0.2) is 12.1 Å². The van der Waals surface area contributed by atoms with Crippen LogP contribution in [0.4, 0.5) is 0 Å². The van der Waals surface area contributed by atoms with Gasteiger partial charge in [0.25, 0.3) is 0 Å². The Kier molecular flexibility index (Phi) is 6.30. The fraction of sp³-hybridized carbons (Fsp3) is 0.600. The monoisotopic (exact) mass is 313 g/mol. The molecule has 1 rings (SSSR count). The van der Waals surface area contributed by atoms with Gasteiger partial charge in [0, 0.05) is 11.1 Å². The largest absolute Gasteiger partial charge is 0.507 e. The summed E-state index contributed by atoms with van der Waals surface area (Å²) in [6.45, 7) is 0. The van der Waals surface area contributed by atoms with E-state index in [2.05, 4.69) is 0 Å². The van der Waals surface area contributed by atoms with Crippen LogP contribution < -0.4 is 0 Å². The summed E-state index contributed by atoms with van der Waals surface area (Å²) in [6.07, 6.45) is -3.02. The Labute approximate surface area is 131 Å². The first kappa shape index (κ1) is 18.8. The van der Waals surface area contributed by atoms with Gasteiger partial charge in [-0.2, -0.15) is 0 Å². The molecule has 126 valence electrons. The van der Waals surface area contributed by atoms with Gasteiger partial charge in [0.1, 0.15) is 24.4 Å². The van der Waals surface area contributed by atoms with Crippen molar-refractivity contribution in [1.29, 1.82) is 0 Å². The highest BCUT2D eigenvalue weighted by Gasteiger charge is 2.25. The Balaban J connectivity index is 3.49. The van der Waals surface area contributed by atoms with E-state index in [1.807, 2.05) is 0 Å². The summed E-state index contributed by atoms with van der Waals surface area (Å²) in [5.74, 6) is -0.183. The molecule has 22 heavy (non-hydrogen) atoms. The van der Waals surface area contributed by atoms with E-state index < -0.39 is 18.7 Å². The molecule has 0 spiro atoms. The van der Waals surface area contributed by atoms with Gasteiger partial charge in [-0.15, -0.1) is 0 Å². The summed E-state index contributed by atoms with van der Waals surface area (Å²) in [7, 11) is 10.1. The molecule has 0 aromatic heterocycles. The number of benzene rings is 1. The third-order valence-electron chi connectivity index (χ3n) is 3.51. The zero-order chi connectivity index (χ0) is 17.2. The minimum Gasteiger partial charge on any atom is -0.507 e. The molecule has 0 saturated heterocycles. The maximum absolute atomic E-state index is 10.4. The number of phenolic OH excluding ortho intramolecular Hbond substituents is 1. The number of rotatable bonds is 6. The summed E-state index contributed by atoms with van der Waals surface area (Å²) in [5.41, 5.74) is 0.952. The molecule has 1 aromatic rings. The molecule has 0 bridgehead atoms. The fourth-order valence-electron chi connectivity index (χ4n) is 2.10. The van der Waals surface area contributed by atoms with Crippen LogP contribution in [0.25, 0.3) is 0 Å². The minimum absolute atomic E-state index is 0.183. The zero-order valence-corrected chi connectivity index (χ0v) is 14.0. The molecule has 0 aliphatic heterocycles. The lowest BCUT2D eigenvalue weighted by atomic mass is 9.99. The van der Waals surface area contributed by atoms with E-state index in [-0.39, 0.29) is 16.9 Å². The van der Waals surface area contributed by atoms with Gasteiger partial charge in [-0.3, -0.25) is 14.7 Å². The van der Waals surface area contributed by atoms with Gasteiger partial charge in [0.2, 0.25) is 0 Å². The van der Waals surface area contributed by atoms with Gasteiger partial charge < -0.3 is 20.4 Å². The van der Waals surface area contributed by atoms with E-state index in [1.54, 1.807) is 47.2 Å². The van der Waals surface area contributed by atoms with Gasteiger partial charge in [0.15, 0.2) is 0 Å². The summed E-state index contributed by atoms with van der Waals surface area (Å²) in [5, 5.41) is 41.1. The molecular formula is C15H27N3O4. The topological polar surface area (TPSA) is 90.6 Å². The van der Waals surface area contributed by atoms with Crippen LogP contribution in [0.1, 0.15) is 35.4 Å². The fourth-order valence-corrected chi connectivity index (χ4v) is 2.10. The predicted molar refractivity (Wildman–Crippen MR) is 84.0 cm³/mol. The lowest BCUT2D eigenvalue weighted by Crippen LogP contribution is -2.24. The first-order chi connectivity index (χ1) is 10.1.